The summed E-state index contributed by atoms with van der Waals surface area (Å²) in [6.45, 7) is 0.171. The van der Waals surface area contributed by atoms with Gasteiger partial charge < -0.3 is 10.0 Å². The zero-order chi connectivity index (χ0) is 14.6. The van der Waals surface area contributed by atoms with Crippen LogP contribution >= 0.6 is 39.1 Å². The van der Waals surface area contributed by atoms with E-state index in [2.05, 4.69) is 15.9 Å². The molecule has 1 N–H and O–H groups in total. The van der Waals surface area contributed by atoms with Gasteiger partial charge in [0.25, 0.3) is 0 Å². The minimum atomic E-state index is -2.46. The number of benzene rings is 1. The third kappa shape index (κ3) is 4.38. The Kier molecular flexibility index (Phi) is 6.12. The normalized spacial score (nSPS) is 10.1. The Morgan fingerprint density at radius 2 is 2.11 bits per heavy atom. The highest BCUT2D eigenvalue weighted by molar-refractivity contribution is 9.10. The molecule has 0 unspecified atom stereocenters. The minimum absolute atomic E-state index is 0.0532. The quantitative estimate of drug-likeness (QED) is 0.619. The summed E-state index contributed by atoms with van der Waals surface area (Å²) in [7, 11) is -2.46. The number of anilines is 1. The molecule has 0 amide bonds. The molecule has 0 aliphatic heterocycles. The Balaban J connectivity index is 3.46. The van der Waals surface area contributed by atoms with Gasteiger partial charge in [0.2, 0.25) is 10.3 Å². The van der Waals surface area contributed by atoms with Crippen LogP contribution < -0.4 is 4.90 Å². The molecule has 19 heavy (non-hydrogen) atoms. The standard InChI is InChI=1S/C10H8BrCl2NO4S/c11-6-3-7(10(15)16)9(13)8(4-6)14(2-1-12)5-19(17)18/h3-5H,1-2H2,(H,15,16). The molecule has 0 atom stereocenters. The highest BCUT2D eigenvalue weighted by atomic mass is 79.9. The van der Waals surface area contributed by atoms with E-state index in [0.29, 0.717) is 4.47 Å². The first-order valence-electron chi connectivity index (χ1n) is 4.84. The van der Waals surface area contributed by atoms with Gasteiger partial charge in [0.1, 0.15) is 5.49 Å². The van der Waals surface area contributed by atoms with Crippen molar-refractivity contribution >= 4 is 66.6 Å². The maximum absolute atomic E-state index is 11.0. The van der Waals surface area contributed by atoms with E-state index in [1.807, 2.05) is 0 Å². The second kappa shape index (κ2) is 7.14. The molecule has 104 valence electrons. The van der Waals surface area contributed by atoms with Gasteiger partial charge in [-0.15, -0.1) is 11.6 Å². The number of halogens is 3. The summed E-state index contributed by atoms with van der Waals surface area (Å²) in [5.41, 5.74) is 1.01. The van der Waals surface area contributed by atoms with E-state index in [4.69, 9.17) is 28.3 Å². The van der Waals surface area contributed by atoms with Gasteiger partial charge in [0.15, 0.2) is 0 Å². The summed E-state index contributed by atoms with van der Waals surface area (Å²) in [5.74, 6) is -1.06. The van der Waals surface area contributed by atoms with Crippen LogP contribution in [0.1, 0.15) is 10.4 Å². The van der Waals surface area contributed by atoms with Crippen molar-refractivity contribution < 1.29 is 18.3 Å². The first-order valence-corrected chi connectivity index (χ1v) is 7.69. The zero-order valence-corrected chi connectivity index (χ0v) is 13.2. The van der Waals surface area contributed by atoms with E-state index in [-0.39, 0.29) is 28.7 Å². The van der Waals surface area contributed by atoms with Crippen molar-refractivity contribution in [1.29, 1.82) is 0 Å². The summed E-state index contributed by atoms with van der Waals surface area (Å²) in [5, 5.41) is 8.97. The lowest BCUT2D eigenvalue weighted by Crippen LogP contribution is -2.24. The lowest BCUT2D eigenvalue weighted by Gasteiger charge is -2.20. The summed E-state index contributed by atoms with van der Waals surface area (Å²) in [4.78, 5) is 12.3. The number of carboxylic acids is 1. The van der Waals surface area contributed by atoms with Crippen LogP contribution in [0.25, 0.3) is 0 Å². The fourth-order valence-electron chi connectivity index (χ4n) is 1.36. The molecule has 1 aromatic rings. The van der Waals surface area contributed by atoms with E-state index >= 15 is 0 Å². The summed E-state index contributed by atoms with van der Waals surface area (Å²) >= 11 is 14.7. The largest absolute Gasteiger partial charge is 0.478 e. The maximum atomic E-state index is 11.0. The Hall–Kier alpha value is -0.760. The molecule has 1 aromatic carbocycles. The highest BCUT2D eigenvalue weighted by Crippen LogP contribution is 2.32. The van der Waals surface area contributed by atoms with E-state index < -0.39 is 16.3 Å². The van der Waals surface area contributed by atoms with Crippen LogP contribution in [-0.2, 0) is 10.3 Å². The van der Waals surface area contributed by atoms with Crippen LogP contribution in [0.15, 0.2) is 16.6 Å². The van der Waals surface area contributed by atoms with Crippen LogP contribution in [0.4, 0.5) is 5.69 Å². The van der Waals surface area contributed by atoms with Gasteiger partial charge in [-0.3, -0.25) is 0 Å². The first kappa shape index (κ1) is 16.3. The van der Waals surface area contributed by atoms with Crippen molar-refractivity contribution in [3.8, 4) is 0 Å². The molecular formula is C10H8BrCl2NO4S. The van der Waals surface area contributed by atoms with Crippen molar-refractivity contribution in [3.63, 3.8) is 0 Å². The Morgan fingerprint density at radius 3 is 2.58 bits per heavy atom. The number of carbonyl (C=O) groups is 1. The van der Waals surface area contributed by atoms with Gasteiger partial charge in [-0.2, -0.15) is 8.42 Å². The predicted octanol–water partition coefficient (Wildman–Crippen LogP) is 2.48. The molecule has 0 heterocycles. The third-order valence-corrected chi connectivity index (χ3v) is 3.55. The van der Waals surface area contributed by atoms with Gasteiger partial charge in [-0.1, -0.05) is 27.5 Å². The van der Waals surface area contributed by atoms with Gasteiger partial charge >= 0.3 is 5.97 Å². The summed E-state index contributed by atoms with van der Waals surface area (Å²) in [6.07, 6.45) is 0. The average molecular weight is 389 g/mol. The highest BCUT2D eigenvalue weighted by Gasteiger charge is 2.17. The lowest BCUT2D eigenvalue weighted by molar-refractivity contribution is 0.0697. The second-order valence-corrected chi connectivity index (χ2v) is 5.74. The smallest absolute Gasteiger partial charge is 0.337 e. The van der Waals surface area contributed by atoms with E-state index in [9.17, 15) is 13.2 Å². The Bertz CT molecular complexity index is 625. The number of hydrogen-bond donors (Lipinski definition) is 1. The van der Waals surface area contributed by atoms with Crippen molar-refractivity contribution in [1.82, 2.24) is 0 Å². The average Bonchev–Trinajstić information content (AvgIpc) is 2.30. The number of nitrogens with zero attached hydrogens (tertiary/aromatic N) is 1. The van der Waals surface area contributed by atoms with Crippen molar-refractivity contribution in [3.05, 3.63) is 27.2 Å². The Labute approximate surface area is 129 Å². The molecule has 5 nitrogen and oxygen atoms in total. The number of rotatable bonds is 5. The fourth-order valence-corrected chi connectivity index (χ4v) is 2.72. The third-order valence-electron chi connectivity index (χ3n) is 2.10. The molecule has 9 heteroatoms. The van der Waals surface area contributed by atoms with Crippen molar-refractivity contribution in [2.75, 3.05) is 17.3 Å². The molecule has 0 bridgehead atoms. The van der Waals surface area contributed by atoms with E-state index in [1.54, 1.807) is 0 Å². The molecule has 0 spiro atoms. The number of alkyl halides is 1. The molecule has 0 aromatic heterocycles. The van der Waals surface area contributed by atoms with Gasteiger partial charge in [0, 0.05) is 16.9 Å². The van der Waals surface area contributed by atoms with Crippen molar-refractivity contribution in [2.24, 2.45) is 0 Å². The van der Waals surface area contributed by atoms with E-state index in [0.717, 1.165) is 5.49 Å². The Morgan fingerprint density at radius 1 is 1.47 bits per heavy atom. The molecule has 0 aliphatic rings. The monoisotopic (exact) mass is 387 g/mol. The lowest BCUT2D eigenvalue weighted by atomic mass is 10.2. The fraction of sp³-hybridized carbons (Fsp3) is 0.200. The van der Waals surface area contributed by atoms with Crippen LogP contribution in [0, 0.1) is 0 Å². The van der Waals surface area contributed by atoms with Crippen LogP contribution in [-0.4, -0.2) is 37.4 Å². The van der Waals surface area contributed by atoms with Gasteiger partial charge in [-0.05, 0) is 12.1 Å². The maximum Gasteiger partial charge on any atom is 0.337 e. The second-order valence-electron chi connectivity index (χ2n) is 3.34. The summed E-state index contributed by atoms with van der Waals surface area (Å²) in [6, 6.07) is 2.85. The van der Waals surface area contributed by atoms with Crippen molar-refractivity contribution in [2.45, 2.75) is 0 Å². The molecule has 0 fully saturated rings. The molecule has 0 aliphatic carbocycles. The summed E-state index contributed by atoms with van der Waals surface area (Å²) < 4.78 is 22.0. The molecular weight excluding hydrogens is 381 g/mol. The van der Waals surface area contributed by atoms with Gasteiger partial charge in [-0.25, -0.2) is 4.79 Å². The zero-order valence-electron chi connectivity index (χ0n) is 9.31. The first-order chi connectivity index (χ1) is 8.86. The SMILES string of the molecule is O=C(O)c1cc(Br)cc(N(C=S(=O)=O)CCCl)c1Cl. The molecule has 0 saturated heterocycles. The van der Waals surface area contributed by atoms with Gasteiger partial charge in [0.05, 0.1) is 16.3 Å². The molecule has 0 radical (unpaired) electrons. The molecule has 0 saturated carbocycles. The number of carboxylic acid groups (broad SMARTS) is 1. The van der Waals surface area contributed by atoms with E-state index in [1.165, 1.54) is 17.0 Å². The molecule has 1 rings (SSSR count). The minimum Gasteiger partial charge on any atom is -0.478 e. The number of hydrogen-bond acceptors (Lipinski definition) is 3. The topological polar surface area (TPSA) is 74.7 Å². The van der Waals surface area contributed by atoms with Crippen LogP contribution in [0.3, 0.4) is 0 Å². The number of aromatic carboxylic acids is 1. The van der Waals surface area contributed by atoms with Crippen LogP contribution in [0.5, 0.6) is 0 Å². The predicted molar refractivity (Wildman–Crippen MR) is 79.2 cm³/mol. The van der Waals surface area contributed by atoms with Crippen LogP contribution in [0.2, 0.25) is 5.02 Å².